The van der Waals surface area contributed by atoms with Gasteiger partial charge in [0.15, 0.2) is 5.82 Å². The quantitative estimate of drug-likeness (QED) is 0.836. The smallest absolute Gasteiger partial charge is 0.309 e. The standard InChI is InChI=1S/C11H15N3O3/c1-3-8-7(11(16)17)6-10(15)14(8)9-4-5-13(2)12-9/h4-5,7-8H,3,6H2,1-2H3,(H,16,17)/t7-,8+/m0/s1. The van der Waals surface area contributed by atoms with Gasteiger partial charge in [-0.05, 0) is 6.42 Å². The normalized spacial score (nSPS) is 24.4. The van der Waals surface area contributed by atoms with Crippen LogP contribution in [0.5, 0.6) is 0 Å². The highest BCUT2D eigenvalue weighted by Gasteiger charge is 2.44. The van der Waals surface area contributed by atoms with Crippen molar-refractivity contribution in [3.8, 4) is 0 Å². The summed E-state index contributed by atoms with van der Waals surface area (Å²) in [6.45, 7) is 1.88. The van der Waals surface area contributed by atoms with E-state index in [1.54, 1.807) is 24.0 Å². The lowest BCUT2D eigenvalue weighted by Crippen LogP contribution is -2.37. The van der Waals surface area contributed by atoms with E-state index in [0.717, 1.165) is 0 Å². The lowest BCUT2D eigenvalue weighted by atomic mass is 9.98. The molecule has 1 fully saturated rings. The number of carbonyl (C=O) groups is 2. The molecule has 0 radical (unpaired) electrons. The van der Waals surface area contributed by atoms with Crippen LogP contribution in [-0.2, 0) is 16.6 Å². The minimum absolute atomic E-state index is 0.0599. The molecule has 0 aromatic carbocycles. The maximum atomic E-state index is 11.9. The number of aromatic nitrogens is 2. The first-order valence-corrected chi connectivity index (χ1v) is 5.59. The van der Waals surface area contributed by atoms with Crippen LogP contribution in [0.1, 0.15) is 19.8 Å². The van der Waals surface area contributed by atoms with E-state index >= 15 is 0 Å². The Morgan fingerprint density at radius 2 is 2.35 bits per heavy atom. The fourth-order valence-electron chi connectivity index (χ4n) is 2.34. The van der Waals surface area contributed by atoms with Gasteiger partial charge in [-0.2, -0.15) is 5.10 Å². The number of carboxylic acids is 1. The van der Waals surface area contributed by atoms with E-state index < -0.39 is 11.9 Å². The molecule has 1 aromatic heterocycles. The van der Waals surface area contributed by atoms with Crippen molar-refractivity contribution in [3.63, 3.8) is 0 Å². The summed E-state index contributed by atoms with van der Waals surface area (Å²) in [5.41, 5.74) is 0. The van der Waals surface area contributed by atoms with Gasteiger partial charge in [0.25, 0.3) is 0 Å². The zero-order chi connectivity index (χ0) is 12.6. The number of amides is 1. The molecule has 0 spiro atoms. The minimum Gasteiger partial charge on any atom is -0.481 e. The summed E-state index contributed by atoms with van der Waals surface area (Å²) in [5, 5.41) is 13.3. The fourth-order valence-corrected chi connectivity index (χ4v) is 2.34. The third kappa shape index (κ3) is 1.90. The van der Waals surface area contributed by atoms with Crippen molar-refractivity contribution in [1.29, 1.82) is 0 Å². The van der Waals surface area contributed by atoms with E-state index in [-0.39, 0.29) is 18.4 Å². The van der Waals surface area contributed by atoms with Gasteiger partial charge < -0.3 is 5.11 Å². The van der Waals surface area contributed by atoms with Crippen molar-refractivity contribution in [1.82, 2.24) is 9.78 Å². The summed E-state index contributed by atoms with van der Waals surface area (Å²) in [6.07, 6.45) is 2.41. The number of nitrogens with zero attached hydrogens (tertiary/aromatic N) is 3. The Hall–Kier alpha value is -1.85. The molecule has 1 aromatic rings. The summed E-state index contributed by atoms with van der Waals surface area (Å²) >= 11 is 0. The van der Waals surface area contributed by atoms with Crippen molar-refractivity contribution in [2.24, 2.45) is 13.0 Å². The second-order valence-electron chi connectivity index (χ2n) is 4.24. The highest BCUT2D eigenvalue weighted by atomic mass is 16.4. The summed E-state index contributed by atoms with van der Waals surface area (Å²) in [7, 11) is 1.76. The van der Waals surface area contributed by atoms with Crippen LogP contribution in [0.4, 0.5) is 5.82 Å². The van der Waals surface area contributed by atoms with E-state index in [4.69, 9.17) is 5.11 Å². The number of aliphatic carboxylic acids is 1. The van der Waals surface area contributed by atoms with Gasteiger partial charge in [-0.25, -0.2) is 0 Å². The first-order valence-electron chi connectivity index (χ1n) is 5.59. The highest BCUT2D eigenvalue weighted by Crippen LogP contribution is 2.31. The zero-order valence-corrected chi connectivity index (χ0v) is 9.83. The number of carboxylic acid groups (broad SMARTS) is 1. The second-order valence-corrected chi connectivity index (χ2v) is 4.24. The van der Waals surface area contributed by atoms with Crippen LogP contribution in [0.15, 0.2) is 12.3 Å². The molecule has 1 amide bonds. The highest BCUT2D eigenvalue weighted by molar-refractivity contribution is 5.99. The van der Waals surface area contributed by atoms with Gasteiger partial charge >= 0.3 is 5.97 Å². The molecule has 0 saturated carbocycles. The molecule has 17 heavy (non-hydrogen) atoms. The average molecular weight is 237 g/mol. The predicted octanol–water partition coefficient (Wildman–Crippen LogP) is 0.636. The van der Waals surface area contributed by atoms with Crippen molar-refractivity contribution in [2.45, 2.75) is 25.8 Å². The molecule has 0 aliphatic carbocycles. The van der Waals surface area contributed by atoms with Crippen molar-refractivity contribution < 1.29 is 14.7 Å². The van der Waals surface area contributed by atoms with Crippen LogP contribution in [0, 0.1) is 5.92 Å². The minimum atomic E-state index is -0.913. The van der Waals surface area contributed by atoms with Crippen LogP contribution >= 0.6 is 0 Å². The van der Waals surface area contributed by atoms with Crippen molar-refractivity contribution in [2.75, 3.05) is 4.90 Å². The van der Waals surface area contributed by atoms with Gasteiger partial charge in [0, 0.05) is 25.7 Å². The van der Waals surface area contributed by atoms with Gasteiger partial charge in [-0.15, -0.1) is 0 Å². The molecule has 2 rings (SSSR count). The number of aryl methyl sites for hydroxylation is 1. The summed E-state index contributed by atoms with van der Waals surface area (Å²) in [5.74, 6) is -1.17. The predicted molar refractivity (Wildman–Crippen MR) is 60.5 cm³/mol. The molecular formula is C11H15N3O3. The first-order chi connectivity index (χ1) is 8.04. The van der Waals surface area contributed by atoms with E-state index in [0.29, 0.717) is 12.2 Å². The molecule has 2 atom stereocenters. The lowest BCUT2D eigenvalue weighted by Gasteiger charge is -2.23. The Balaban J connectivity index is 2.33. The molecule has 92 valence electrons. The van der Waals surface area contributed by atoms with E-state index in [2.05, 4.69) is 5.10 Å². The largest absolute Gasteiger partial charge is 0.481 e. The lowest BCUT2D eigenvalue weighted by molar-refractivity contribution is -0.142. The van der Waals surface area contributed by atoms with Crippen LogP contribution < -0.4 is 4.90 Å². The van der Waals surface area contributed by atoms with Gasteiger partial charge in [0.05, 0.1) is 12.0 Å². The Labute approximate surface area is 98.8 Å². The van der Waals surface area contributed by atoms with Crippen LogP contribution in [-0.4, -0.2) is 32.8 Å². The number of hydrogen-bond donors (Lipinski definition) is 1. The van der Waals surface area contributed by atoms with Gasteiger partial charge in [-0.3, -0.25) is 19.2 Å². The molecule has 1 aliphatic heterocycles. The average Bonchev–Trinajstić information content (AvgIpc) is 2.81. The molecule has 1 N–H and O–H groups in total. The van der Waals surface area contributed by atoms with Crippen LogP contribution in [0.2, 0.25) is 0 Å². The number of hydrogen-bond acceptors (Lipinski definition) is 3. The third-order valence-electron chi connectivity index (χ3n) is 3.14. The summed E-state index contributed by atoms with van der Waals surface area (Å²) in [4.78, 5) is 24.5. The Bertz CT molecular complexity index is 455. The molecule has 2 heterocycles. The van der Waals surface area contributed by atoms with Gasteiger partial charge in [-0.1, -0.05) is 6.92 Å². The third-order valence-corrected chi connectivity index (χ3v) is 3.14. The van der Waals surface area contributed by atoms with E-state index in [9.17, 15) is 9.59 Å². The fraction of sp³-hybridized carbons (Fsp3) is 0.545. The topological polar surface area (TPSA) is 75.4 Å². The molecule has 1 saturated heterocycles. The van der Waals surface area contributed by atoms with Crippen LogP contribution in [0.3, 0.4) is 0 Å². The zero-order valence-electron chi connectivity index (χ0n) is 9.83. The summed E-state index contributed by atoms with van der Waals surface area (Å²) < 4.78 is 1.60. The maximum absolute atomic E-state index is 11.9. The Kier molecular flexibility index (Phi) is 2.87. The van der Waals surface area contributed by atoms with Gasteiger partial charge in [0.1, 0.15) is 0 Å². The summed E-state index contributed by atoms with van der Waals surface area (Å²) in [6, 6.07) is 1.43. The van der Waals surface area contributed by atoms with Crippen molar-refractivity contribution >= 4 is 17.7 Å². The second kappa shape index (κ2) is 4.20. The molecule has 0 unspecified atom stereocenters. The molecule has 0 bridgehead atoms. The molecule has 6 heteroatoms. The number of anilines is 1. The van der Waals surface area contributed by atoms with E-state index in [1.807, 2.05) is 6.92 Å². The monoisotopic (exact) mass is 237 g/mol. The first kappa shape index (κ1) is 11.6. The van der Waals surface area contributed by atoms with E-state index in [1.165, 1.54) is 4.90 Å². The molecule has 6 nitrogen and oxygen atoms in total. The number of carbonyl (C=O) groups excluding carboxylic acids is 1. The molecule has 1 aliphatic rings. The van der Waals surface area contributed by atoms with Gasteiger partial charge in [0.2, 0.25) is 5.91 Å². The Morgan fingerprint density at radius 3 is 2.82 bits per heavy atom. The number of rotatable bonds is 3. The Morgan fingerprint density at radius 1 is 1.65 bits per heavy atom. The van der Waals surface area contributed by atoms with Crippen LogP contribution in [0.25, 0.3) is 0 Å². The molecular weight excluding hydrogens is 222 g/mol. The SMILES string of the molecule is CC[C@@H]1[C@@H](C(=O)O)CC(=O)N1c1ccn(C)n1. The maximum Gasteiger partial charge on any atom is 0.309 e. The van der Waals surface area contributed by atoms with Crippen molar-refractivity contribution in [3.05, 3.63) is 12.3 Å².